The van der Waals surface area contributed by atoms with E-state index in [1.807, 2.05) is 6.92 Å². The number of halogens is 4. The van der Waals surface area contributed by atoms with E-state index in [2.05, 4.69) is 4.98 Å². The third-order valence-electron chi connectivity index (χ3n) is 4.92. The quantitative estimate of drug-likeness (QED) is 0.294. The number of benzene rings is 1. The van der Waals surface area contributed by atoms with E-state index in [9.17, 15) is 35.6 Å². The van der Waals surface area contributed by atoms with Crippen LogP contribution in [0.2, 0.25) is 0 Å². The Kier molecular flexibility index (Phi) is 8.24. The van der Waals surface area contributed by atoms with Gasteiger partial charge in [0.1, 0.15) is 17.1 Å². The Labute approximate surface area is 208 Å². The predicted octanol–water partition coefficient (Wildman–Crippen LogP) is 4.88. The zero-order valence-corrected chi connectivity index (χ0v) is 20.8. The molecular formula is C23H22F4N2O5S2. The molecule has 0 fully saturated rings. The third kappa shape index (κ3) is 7.17. The van der Waals surface area contributed by atoms with Gasteiger partial charge >= 0.3 is 6.18 Å². The summed E-state index contributed by atoms with van der Waals surface area (Å²) in [6.45, 7) is 1.65. The van der Waals surface area contributed by atoms with E-state index < -0.39 is 45.5 Å². The molecule has 2 N–H and O–H groups in total. The van der Waals surface area contributed by atoms with Crippen molar-refractivity contribution in [3.63, 3.8) is 0 Å². The van der Waals surface area contributed by atoms with E-state index in [0.717, 1.165) is 17.2 Å². The van der Waals surface area contributed by atoms with Gasteiger partial charge in [0.05, 0.1) is 18.6 Å². The summed E-state index contributed by atoms with van der Waals surface area (Å²) in [5, 5.41) is 0. The van der Waals surface area contributed by atoms with Gasteiger partial charge in [-0.15, -0.1) is 11.3 Å². The number of H-pyrrole nitrogens is 1. The molecule has 1 aromatic carbocycles. The Balaban J connectivity index is 1.99. The SMILES string of the molecule is CCc1ccc(-c2cc(-c3ccc(OCCCC(F)(F)F)cc3F)[nH]c(=O)c2C(=O)NS(C)(=O)=O)s1. The molecule has 0 aliphatic rings. The summed E-state index contributed by atoms with van der Waals surface area (Å²) in [7, 11) is -3.96. The number of hydrogen-bond acceptors (Lipinski definition) is 6. The maximum absolute atomic E-state index is 14.9. The molecule has 0 saturated heterocycles. The summed E-state index contributed by atoms with van der Waals surface area (Å²) >= 11 is 1.29. The number of thiophene rings is 1. The number of nitrogens with one attached hydrogen (secondary N) is 2. The molecule has 0 radical (unpaired) electrons. The summed E-state index contributed by atoms with van der Waals surface area (Å²) < 4.78 is 81.8. The number of hydrogen-bond donors (Lipinski definition) is 2. The number of aromatic nitrogens is 1. The maximum atomic E-state index is 14.9. The number of amides is 1. The van der Waals surface area contributed by atoms with Gasteiger partial charge in [-0.2, -0.15) is 13.2 Å². The van der Waals surface area contributed by atoms with E-state index in [-0.39, 0.29) is 35.6 Å². The minimum Gasteiger partial charge on any atom is -0.493 e. The molecule has 3 rings (SSSR count). The summed E-state index contributed by atoms with van der Waals surface area (Å²) in [4.78, 5) is 29.4. The molecule has 0 atom stereocenters. The van der Waals surface area contributed by atoms with Crippen LogP contribution in [0.1, 0.15) is 35.0 Å². The zero-order valence-electron chi connectivity index (χ0n) is 19.2. The molecule has 36 heavy (non-hydrogen) atoms. The fraction of sp³-hybridized carbons (Fsp3) is 0.304. The smallest absolute Gasteiger partial charge is 0.389 e. The van der Waals surface area contributed by atoms with Crippen molar-refractivity contribution in [2.45, 2.75) is 32.4 Å². The fourth-order valence-electron chi connectivity index (χ4n) is 3.32. The first-order valence-electron chi connectivity index (χ1n) is 10.7. The minimum atomic E-state index is -4.31. The standard InChI is InChI=1S/C23H22F4N2O5S2/c1-3-14-6-8-19(35-14)16-12-18(28-21(30)20(16)22(31)29-36(2,32)33)15-7-5-13(11-17(15)24)34-10-4-9-23(25,26)27/h5-8,11-12H,3-4,9-10H2,1-2H3,(H,28,30)(H,29,31). The maximum Gasteiger partial charge on any atom is 0.389 e. The Morgan fingerprint density at radius 2 is 1.86 bits per heavy atom. The molecule has 2 aromatic heterocycles. The van der Waals surface area contributed by atoms with Crippen LogP contribution in [0, 0.1) is 5.82 Å². The van der Waals surface area contributed by atoms with Crippen molar-refractivity contribution >= 4 is 27.3 Å². The number of alkyl halides is 3. The van der Waals surface area contributed by atoms with E-state index in [4.69, 9.17) is 4.74 Å². The first kappa shape index (κ1) is 27.4. The molecule has 13 heteroatoms. The van der Waals surface area contributed by atoms with Crippen molar-refractivity contribution in [3.8, 4) is 27.4 Å². The van der Waals surface area contributed by atoms with Gasteiger partial charge < -0.3 is 9.72 Å². The molecule has 0 bridgehead atoms. The van der Waals surface area contributed by atoms with Crippen molar-refractivity contribution in [2.75, 3.05) is 12.9 Å². The van der Waals surface area contributed by atoms with Gasteiger partial charge in [0, 0.05) is 33.4 Å². The minimum absolute atomic E-state index is 0.0102. The fourth-order valence-corrected chi connectivity index (χ4v) is 4.73. The van der Waals surface area contributed by atoms with E-state index in [0.29, 0.717) is 11.3 Å². The monoisotopic (exact) mass is 546 g/mol. The second-order valence-electron chi connectivity index (χ2n) is 7.83. The van der Waals surface area contributed by atoms with Gasteiger partial charge in [-0.05, 0) is 43.2 Å². The van der Waals surface area contributed by atoms with Gasteiger partial charge in [-0.25, -0.2) is 17.5 Å². The average Bonchev–Trinajstić information content (AvgIpc) is 3.23. The first-order chi connectivity index (χ1) is 16.8. The number of rotatable bonds is 9. The molecule has 194 valence electrons. The highest BCUT2D eigenvalue weighted by atomic mass is 32.2. The molecule has 0 aliphatic heterocycles. The van der Waals surface area contributed by atoms with Gasteiger partial charge in [0.15, 0.2) is 0 Å². The lowest BCUT2D eigenvalue weighted by molar-refractivity contribution is -0.136. The van der Waals surface area contributed by atoms with Crippen molar-refractivity contribution < 1.29 is 35.5 Å². The zero-order chi connectivity index (χ0) is 26.7. The van der Waals surface area contributed by atoms with Crippen molar-refractivity contribution in [3.05, 3.63) is 63.0 Å². The molecule has 2 heterocycles. The van der Waals surface area contributed by atoms with Crippen LogP contribution in [0.4, 0.5) is 17.6 Å². The average molecular weight is 547 g/mol. The van der Waals surface area contributed by atoms with Gasteiger partial charge in [-0.1, -0.05) is 6.92 Å². The Morgan fingerprint density at radius 3 is 2.44 bits per heavy atom. The van der Waals surface area contributed by atoms with Crippen LogP contribution < -0.4 is 15.0 Å². The van der Waals surface area contributed by atoms with Crippen LogP contribution >= 0.6 is 11.3 Å². The predicted molar refractivity (Wildman–Crippen MR) is 128 cm³/mol. The van der Waals surface area contributed by atoms with E-state index >= 15 is 0 Å². The summed E-state index contributed by atoms with van der Waals surface area (Å²) in [5.41, 5.74) is -1.30. The van der Waals surface area contributed by atoms with Crippen LogP contribution in [0.15, 0.2) is 41.2 Å². The highest BCUT2D eigenvalue weighted by Gasteiger charge is 2.26. The number of carbonyl (C=O) groups is 1. The molecule has 1 amide bonds. The molecule has 3 aromatic rings. The number of pyridine rings is 1. The Bertz CT molecular complexity index is 1430. The number of sulfonamides is 1. The molecule has 7 nitrogen and oxygen atoms in total. The Hall–Kier alpha value is -3.19. The van der Waals surface area contributed by atoms with E-state index in [1.54, 1.807) is 16.9 Å². The van der Waals surface area contributed by atoms with Crippen LogP contribution in [-0.4, -0.2) is 38.3 Å². The number of carbonyl (C=O) groups excluding carboxylic acids is 1. The van der Waals surface area contributed by atoms with Gasteiger partial charge in [0.25, 0.3) is 11.5 Å². The molecule has 0 aliphatic carbocycles. The van der Waals surface area contributed by atoms with Crippen molar-refractivity contribution in [1.29, 1.82) is 0 Å². The van der Waals surface area contributed by atoms with Crippen LogP contribution in [0.5, 0.6) is 5.75 Å². The number of aromatic amines is 1. The molecular weight excluding hydrogens is 524 g/mol. The van der Waals surface area contributed by atoms with E-state index in [1.165, 1.54) is 29.5 Å². The number of aryl methyl sites for hydroxylation is 1. The largest absolute Gasteiger partial charge is 0.493 e. The van der Waals surface area contributed by atoms with Crippen LogP contribution in [0.25, 0.3) is 21.7 Å². The highest BCUT2D eigenvalue weighted by molar-refractivity contribution is 7.89. The van der Waals surface area contributed by atoms with Crippen LogP contribution in [0.3, 0.4) is 0 Å². The normalized spacial score (nSPS) is 11.9. The lowest BCUT2D eigenvalue weighted by Gasteiger charge is -2.12. The summed E-state index contributed by atoms with van der Waals surface area (Å²) in [5.74, 6) is -1.94. The first-order valence-corrected chi connectivity index (χ1v) is 13.4. The number of ether oxygens (including phenoxy) is 1. The molecule has 0 spiro atoms. The van der Waals surface area contributed by atoms with Crippen molar-refractivity contribution in [2.24, 2.45) is 0 Å². The molecule has 0 saturated carbocycles. The molecule has 0 unspecified atom stereocenters. The highest BCUT2D eigenvalue weighted by Crippen LogP contribution is 2.33. The second kappa shape index (κ2) is 10.8. The third-order valence-corrected chi connectivity index (χ3v) is 6.74. The lowest BCUT2D eigenvalue weighted by Crippen LogP contribution is -2.34. The second-order valence-corrected chi connectivity index (χ2v) is 10.7. The topological polar surface area (TPSA) is 105 Å². The van der Waals surface area contributed by atoms with Crippen molar-refractivity contribution in [1.82, 2.24) is 9.71 Å². The summed E-state index contributed by atoms with van der Waals surface area (Å²) in [6.07, 6.45) is -4.17. The van der Waals surface area contributed by atoms with Crippen LogP contribution in [-0.2, 0) is 16.4 Å². The summed E-state index contributed by atoms with van der Waals surface area (Å²) in [6, 6.07) is 8.44. The van der Waals surface area contributed by atoms with Gasteiger partial charge in [0.2, 0.25) is 10.0 Å². The lowest BCUT2D eigenvalue weighted by atomic mass is 10.0. The van der Waals surface area contributed by atoms with Gasteiger partial charge in [-0.3, -0.25) is 9.59 Å². The Morgan fingerprint density at radius 1 is 1.14 bits per heavy atom.